The molecule has 0 aromatic heterocycles. The van der Waals surface area contributed by atoms with E-state index in [1.54, 1.807) is 0 Å². The molecule has 1 aliphatic rings. The molecule has 0 aromatic carbocycles. The molecule has 1 aliphatic carbocycles. The summed E-state index contributed by atoms with van der Waals surface area (Å²) in [5, 5.41) is 13.0. The lowest BCUT2D eigenvalue weighted by molar-refractivity contribution is -0.138. The fourth-order valence-corrected chi connectivity index (χ4v) is 1.45. The number of carboxylic acids is 1. The predicted octanol–water partition coefficient (Wildman–Crippen LogP) is 0.867. The second kappa shape index (κ2) is 6.88. The van der Waals surface area contributed by atoms with E-state index in [2.05, 4.69) is 10.6 Å². The molecule has 0 unspecified atom stereocenters. The first kappa shape index (κ1) is 13.5. The van der Waals surface area contributed by atoms with Crippen LogP contribution in [0.2, 0.25) is 0 Å². The van der Waals surface area contributed by atoms with Gasteiger partial charge in [-0.2, -0.15) is 0 Å². The van der Waals surface area contributed by atoms with E-state index in [1.807, 2.05) is 0 Å². The monoisotopic (exact) mass is 242 g/mol. The molecule has 17 heavy (non-hydrogen) atoms. The number of hydrogen-bond acceptors (Lipinski definition) is 3. The van der Waals surface area contributed by atoms with Crippen LogP contribution in [0, 0.1) is 5.92 Å². The third-order valence-corrected chi connectivity index (χ3v) is 2.59. The fourth-order valence-electron chi connectivity index (χ4n) is 1.45. The SMILES string of the molecule is O=C(O)CCC(=O)NC(=O)NCCCC1CC1. The van der Waals surface area contributed by atoms with E-state index in [0.29, 0.717) is 6.54 Å². The Labute approximate surface area is 99.8 Å². The van der Waals surface area contributed by atoms with Crippen molar-refractivity contribution in [3.8, 4) is 0 Å². The van der Waals surface area contributed by atoms with Crippen molar-refractivity contribution in [2.24, 2.45) is 5.92 Å². The van der Waals surface area contributed by atoms with Crippen molar-refractivity contribution in [3.63, 3.8) is 0 Å². The Kier molecular flexibility index (Phi) is 5.45. The number of hydrogen-bond donors (Lipinski definition) is 3. The Morgan fingerprint density at radius 1 is 1.18 bits per heavy atom. The summed E-state index contributed by atoms with van der Waals surface area (Å²) in [7, 11) is 0. The van der Waals surface area contributed by atoms with Crippen LogP contribution >= 0.6 is 0 Å². The van der Waals surface area contributed by atoms with Crippen molar-refractivity contribution in [2.45, 2.75) is 38.5 Å². The predicted molar refractivity (Wildman–Crippen MR) is 60.4 cm³/mol. The minimum atomic E-state index is -1.05. The molecule has 6 heteroatoms. The third kappa shape index (κ3) is 7.32. The smallest absolute Gasteiger partial charge is 0.321 e. The first-order chi connectivity index (χ1) is 8.08. The summed E-state index contributed by atoms with van der Waals surface area (Å²) < 4.78 is 0. The van der Waals surface area contributed by atoms with Crippen LogP contribution in [0.1, 0.15) is 38.5 Å². The number of rotatable bonds is 7. The lowest BCUT2D eigenvalue weighted by atomic mass is 10.2. The van der Waals surface area contributed by atoms with Gasteiger partial charge in [0, 0.05) is 13.0 Å². The highest BCUT2D eigenvalue weighted by Crippen LogP contribution is 2.33. The van der Waals surface area contributed by atoms with Gasteiger partial charge >= 0.3 is 12.0 Å². The van der Waals surface area contributed by atoms with Crippen molar-refractivity contribution in [2.75, 3.05) is 6.54 Å². The molecule has 0 spiro atoms. The summed E-state index contributed by atoms with van der Waals surface area (Å²) in [5.74, 6) is -0.783. The Bertz CT molecular complexity index is 300. The third-order valence-electron chi connectivity index (χ3n) is 2.59. The van der Waals surface area contributed by atoms with Gasteiger partial charge in [-0.1, -0.05) is 12.8 Å². The Morgan fingerprint density at radius 3 is 2.47 bits per heavy atom. The van der Waals surface area contributed by atoms with Gasteiger partial charge in [0.25, 0.3) is 0 Å². The summed E-state index contributed by atoms with van der Waals surface area (Å²) >= 11 is 0. The van der Waals surface area contributed by atoms with Gasteiger partial charge in [0.1, 0.15) is 0 Å². The summed E-state index contributed by atoms with van der Waals surface area (Å²) in [6, 6.07) is -0.545. The van der Waals surface area contributed by atoms with E-state index in [1.165, 1.54) is 12.8 Å². The molecule has 0 heterocycles. The number of carboxylic acid groups (broad SMARTS) is 1. The van der Waals surface area contributed by atoms with Crippen molar-refractivity contribution in [1.82, 2.24) is 10.6 Å². The van der Waals surface area contributed by atoms with Crippen LogP contribution in [-0.4, -0.2) is 29.6 Å². The van der Waals surface area contributed by atoms with Gasteiger partial charge in [0.05, 0.1) is 6.42 Å². The molecule has 0 saturated heterocycles. The van der Waals surface area contributed by atoms with Crippen LogP contribution in [-0.2, 0) is 9.59 Å². The van der Waals surface area contributed by atoms with Gasteiger partial charge < -0.3 is 10.4 Å². The van der Waals surface area contributed by atoms with Crippen molar-refractivity contribution in [1.29, 1.82) is 0 Å². The van der Waals surface area contributed by atoms with Crippen LogP contribution in [0.15, 0.2) is 0 Å². The van der Waals surface area contributed by atoms with Gasteiger partial charge in [0.15, 0.2) is 0 Å². The first-order valence-corrected chi connectivity index (χ1v) is 5.87. The molecular weight excluding hydrogens is 224 g/mol. The zero-order valence-electron chi connectivity index (χ0n) is 9.70. The molecule has 1 saturated carbocycles. The highest BCUT2D eigenvalue weighted by atomic mass is 16.4. The van der Waals surface area contributed by atoms with Crippen LogP contribution in [0.4, 0.5) is 4.79 Å². The lowest BCUT2D eigenvalue weighted by Gasteiger charge is -2.05. The van der Waals surface area contributed by atoms with Crippen LogP contribution < -0.4 is 10.6 Å². The van der Waals surface area contributed by atoms with Crippen LogP contribution in [0.5, 0.6) is 0 Å². The number of nitrogens with one attached hydrogen (secondary N) is 2. The highest BCUT2D eigenvalue weighted by molar-refractivity contribution is 5.95. The standard InChI is InChI=1S/C11H18N2O4/c14-9(5-6-10(15)16)13-11(17)12-7-1-2-8-3-4-8/h8H,1-7H2,(H,15,16)(H2,12,13,14,17). The zero-order chi connectivity index (χ0) is 12.7. The number of urea groups is 1. The van der Waals surface area contributed by atoms with E-state index in [4.69, 9.17) is 5.11 Å². The number of carbonyl (C=O) groups is 3. The summed E-state index contributed by atoms with van der Waals surface area (Å²) in [5.41, 5.74) is 0. The molecule has 0 radical (unpaired) electrons. The van der Waals surface area contributed by atoms with Crippen molar-refractivity contribution >= 4 is 17.9 Å². The quantitative estimate of drug-likeness (QED) is 0.577. The van der Waals surface area contributed by atoms with Crippen LogP contribution in [0.25, 0.3) is 0 Å². The minimum absolute atomic E-state index is 0.176. The molecule has 96 valence electrons. The molecule has 1 fully saturated rings. The summed E-state index contributed by atoms with van der Waals surface area (Å²) in [4.78, 5) is 32.4. The van der Waals surface area contributed by atoms with E-state index in [9.17, 15) is 14.4 Å². The molecule has 6 nitrogen and oxygen atoms in total. The van der Waals surface area contributed by atoms with E-state index in [0.717, 1.165) is 18.8 Å². The number of carbonyl (C=O) groups excluding carboxylic acids is 2. The molecule has 0 atom stereocenters. The number of aliphatic carboxylic acids is 1. The maximum Gasteiger partial charge on any atom is 0.321 e. The maximum absolute atomic E-state index is 11.2. The highest BCUT2D eigenvalue weighted by Gasteiger charge is 2.20. The number of amides is 3. The average molecular weight is 242 g/mol. The van der Waals surface area contributed by atoms with Gasteiger partial charge in [-0.25, -0.2) is 4.79 Å². The number of imide groups is 1. The van der Waals surface area contributed by atoms with Gasteiger partial charge in [-0.15, -0.1) is 0 Å². The summed E-state index contributed by atoms with van der Waals surface area (Å²) in [6.45, 7) is 0.550. The fraction of sp³-hybridized carbons (Fsp3) is 0.727. The van der Waals surface area contributed by atoms with E-state index in [-0.39, 0.29) is 12.8 Å². The van der Waals surface area contributed by atoms with Crippen LogP contribution in [0.3, 0.4) is 0 Å². The first-order valence-electron chi connectivity index (χ1n) is 5.87. The second-order valence-electron chi connectivity index (χ2n) is 4.28. The largest absolute Gasteiger partial charge is 0.481 e. The van der Waals surface area contributed by atoms with Gasteiger partial charge in [0.2, 0.25) is 5.91 Å². The van der Waals surface area contributed by atoms with Gasteiger partial charge in [-0.05, 0) is 18.8 Å². The van der Waals surface area contributed by atoms with Crippen molar-refractivity contribution < 1.29 is 19.5 Å². The minimum Gasteiger partial charge on any atom is -0.481 e. The van der Waals surface area contributed by atoms with E-state index < -0.39 is 17.9 Å². The van der Waals surface area contributed by atoms with Crippen molar-refractivity contribution in [3.05, 3.63) is 0 Å². The Hall–Kier alpha value is -1.59. The molecule has 0 aromatic rings. The van der Waals surface area contributed by atoms with Gasteiger partial charge in [-0.3, -0.25) is 14.9 Å². The Balaban J connectivity index is 1.98. The Morgan fingerprint density at radius 2 is 1.88 bits per heavy atom. The lowest BCUT2D eigenvalue weighted by Crippen LogP contribution is -2.39. The topological polar surface area (TPSA) is 95.5 Å². The molecule has 3 amide bonds. The van der Waals surface area contributed by atoms with E-state index >= 15 is 0 Å². The zero-order valence-corrected chi connectivity index (χ0v) is 9.70. The molecule has 1 rings (SSSR count). The molecule has 0 aliphatic heterocycles. The summed E-state index contributed by atoms with van der Waals surface area (Å²) in [6.07, 6.45) is 4.18. The normalized spacial score (nSPS) is 14.1. The molecule has 3 N–H and O–H groups in total. The second-order valence-corrected chi connectivity index (χ2v) is 4.28. The average Bonchev–Trinajstić information content (AvgIpc) is 3.05. The molecular formula is C11H18N2O4. The maximum atomic E-state index is 11.2. The molecule has 0 bridgehead atoms.